The van der Waals surface area contributed by atoms with Gasteiger partial charge in [-0.1, -0.05) is 30.3 Å². The fourth-order valence-electron chi connectivity index (χ4n) is 2.99. The number of Topliss-reactive ketones (excluding diaryl/α,β-unsaturated/α-hetero) is 1. The molecule has 2 saturated heterocycles. The van der Waals surface area contributed by atoms with Gasteiger partial charge < -0.3 is 4.74 Å². The first-order valence-corrected chi connectivity index (χ1v) is 6.73. The summed E-state index contributed by atoms with van der Waals surface area (Å²) in [5.41, 5.74) is 1.32. The normalized spacial score (nSPS) is 29.0. The van der Waals surface area contributed by atoms with Gasteiger partial charge in [0.2, 0.25) is 0 Å². The average Bonchev–Trinajstić information content (AvgIpc) is 2.41. The smallest absolute Gasteiger partial charge is 0.142 e. The second-order valence-corrected chi connectivity index (χ2v) is 5.24. The third-order valence-corrected chi connectivity index (χ3v) is 3.98. The minimum atomic E-state index is 0.108. The Kier molecular flexibility index (Phi) is 3.43. The maximum atomic E-state index is 11.9. The summed E-state index contributed by atoms with van der Waals surface area (Å²) in [6, 6.07) is 10.5. The third-order valence-electron chi connectivity index (χ3n) is 3.98. The van der Waals surface area contributed by atoms with Crippen LogP contribution in [0, 0.1) is 5.92 Å². The number of rotatable bonds is 2. The summed E-state index contributed by atoms with van der Waals surface area (Å²) < 4.78 is 5.70. The Morgan fingerprint density at radius 3 is 2.94 bits per heavy atom. The summed E-state index contributed by atoms with van der Waals surface area (Å²) in [5.74, 6) is 0.500. The van der Waals surface area contributed by atoms with E-state index in [4.69, 9.17) is 4.74 Å². The molecule has 1 aromatic carbocycles. The lowest BCUT2D eigenvalue weighted by Gasteiger charge is -2.40. The van der Waals surface area contributed by atoms with Crippen molar-refractivity contribution in [2.75, 3.05) is 19.7 Å². The van der Waals surface area contributed by atoms with Crippen molar-refractivity contribution >= 4 is 5.78 Å². The fourth-order valence-corrected chi connectivity index (χ4v) is 2.99. The number of likely N-dealkylation sites (tertiary alicyclic amines) is 1. The summed E-state index contributed by atoms with van der Waals surface area (Å²) in [6.45, 7) is 3.46. The molecule has 0 unspecified atom stereocenters. The van der Waals surface area contributed by atoms with Gasteiger partial charge in [0.05, 0.1) is 18.6 Å². The lowest BCUT2D eigenvalue weighted by Crippen LogP contribution is -2.49. The topological polar surface area (TPSA) is 29.5 Å². The van der Waals surface area contributed by atoms with Crippen LogP contribution in [0.25, 0.3) is 0 Å². The van der Waals surface area contributed by atoms with Gasteiger partial charge in [0.25, 0.3) is 0 Å². The molecule has 2 fully saturated rings. The zero-order valence-electron chi connectivity index (χ0n) is 10.5. The molecule has 2 atom stereocenters. The van der Waals surface area contributed by atoms with Crippen LogP contribution in [0.4, 0.5) is 0 Å². The summed E-state index contributed by atoms with van der Waals surface area (Å²) in [7, 11) is 0. The molecule has 0 spiro atoms. The summed E-state index contributed by atoms with van der Waals surface area (Å²) in [4.78, 5) is 14.3. The van der Waals surface area contributed by atoms with Crippen LogP contribution in [-0.4, -0.2) is 36.5 Å². The number of nitrogens with zero attached hydrogens (tertiary/aromatic N) is 1. The fraction of sp³-hybridized carbons (Fsp3) is 0.533. The van der Waals surface area contributed by atoms with Crippen LogP contribution in [0.2, 0.25) is 0 Å². The van der Waals surface area contributed by atoms with Crippen LogP contribution >= 0.6 is 0 Å². The number of benzene rings is 1. The Labute approximate surface area is 108 Å². The first kappa shape index (κ1) is 11.9. The van der Waals surface area contributed by atoms with Gasteiger partial charge in [-0.3, -0.25) is 9.69 Å². The highest BCUT2D eigenvalue weighted by Crippen LogP contribution is 2.26. The number of hydrogen-bond acceptors (Lipinski definition) is 3. The van der Waals surface area contributed by atoms with Gasteiger partial charge in [-0.2, -0.15) is 0 Å². The van der Waals surface area contributed by atoms with E-state index in [2.05, 4.69) is 29.2 Å². The van der Waals surface area contributed by atoms with E-state index in [1.807, 2.05) is 6.07 Å². The van der Waals surface area contributed by atoms with E-state index in [9.17, 15) is 4.79 Å². The van der Waals surface area contributed by atoms with Crippen LogP contribution in [0.1, 0.15) is 18.4 Å². The van der Waals surface area contributed by atoms with Gasteiger partial charge >= 0.3 is 0 Å². The number of carbonyl (C=O) groups excluding carboxylic acids is 1. The predicted octanol–water partition coefficient (Wildman–Crippen LogP) is 1.87. The first-order valence-electron chi connectivity index (χ1n) is 6.73. The van der Waals surface area contributed by atoms with Crippen LogP contribution < -0.4 is 0 Å². The SMILES string of the molecule is O=C1CCO[C@@H]2CCN(Cc3ccccc3)C[C@@H]12. The quantitative estimate of drug-likeness (QED) is 0.796. The molecule has 2 aliphatic heterocycles. The van der Waals surface area contributed by atoms with Crippen LogP contribution in [0.5, 0.6) is 0 Å². The molecule has 0 aliphatic carbocycles. The third kappa shape index (κ3) is 2.47. The van der Waals surface area contributed by atoms with E-state index >= 15 is 0 Å². The van der Waals surface area contributed by atoms with Gasteiger partial charge in [-0.05, 0) is 12.0 Å². The van der Waals surface area contributed by atoms with E-state index in [1.54, 1.807) is 0 Å². The molecular formula is C15H19NO2. The second-order valence-electron chi connectivity index (χ2n) is 5.24. The van der Waals surface area contributed by atoms with Crippen molar-refractivity contribution in [2.45, 2.75) is 25.5 Å². The molecule has 3 heteroatoms. The Bertz CT molecular complexity index is 418. The molecule has 0 N–H and O–H groups in total. The standard InChI is InChI=1S/C15H19NO2/c17-14-7-9-18-15-6-8-16(11-13(14)15)10-12-4-2-1-3-5-12/h1-5,13,15H,6-11H2/t13-,15+/m0/s1. The van der Waals surface area contributed by atoms with Gasteiger partial charge in [0.15, 0.2) is 0 Å². The summed E-state index contributed by atoms with van der Waals surface area (Å²) in [6.07, 6.45) is 1.77. The highest BCUT2D eigenvalue weighted by Gasteiger charge is 2.37. The molecular weight excluding hydrogens is 226 g/mol. The van der Waals surface area contributed by atoms with Crippen LogP contribution in [-0.2, 0) is 16.1 Å². The Hall–Kier alpha value is -1.19. The first-order chi connectivity index (χ1) is 8.83. The number of ketones is 1. The van der Waals surface area contributed by atoms with Gasteiger partial charge in [0.1, 0.15) is 5.78 Å². The average molecular weight is 245 g/mol. The molecule has 2 heterocycles. The number of carbonyl (C=O) groups is 1. The van der Waals surface area contributed by atoms with E-state index in [1.165, 1.54) is 5.56 Å². The molecule has 3 rings (SSSR count). The lowest BCUT2D eigenvalue weighted by atomic mass is 9.87. The molecule has 96 valence electrons. The minimum absolute atomic E-state index is 0.108. The van der Waals surface area contributed by atoms with Gasteiger partial charge in [-0.25, -0.2) is 0 Å². The molecule has 0 aromatic heterocycles. The van der Waals surface area contributed by atoms with Gasteiger partial charge in [0, 0.05) is 26.1 Å². The van der Waals surface area contributed by atoms with Crippen LogP contribution in [0.15, 0.2) is 30.3 Å². The number of ether oxygens (including phenoxy) is 1. The van der Waals surface area contributed by atoms with Crippen LogP contribution in [0.3, 0.4) is 0 Å². The zero-order chi connectivity index (χ0) is 12.4. The van der Waals surface area contributed by atoms with Crippen molar-refractivity contribution < 1.29 is 9.53 Å². The Morgan fingerprint density at radius 1 is 1.28 bits per heavy atom. The Morgan fingerprint density at radius 2 is 2.11 bits per heavy atom. The maximum absolute atomic E-state index is 11.9. The van der Waals surface area contributed by atoms with E-state index in [-0.39, 0.29) is 12.0 Å². The second kappa shape index (κ2) is 5.21. The number of fused-ring (bicyclic) bond motifs is 1. The Balaban J connectivity index is 1.64. The monoisotopic (exact) mass is 245 g/mol. The van der Waals surface area contributed by atoms with Crippen molar-refractivity contribution in [3.63, 3.8) is 0 Å². The lowest BCUT2D eigenvalue weighted by molar-refractivity contribution is -0.143. The highest BCUT2D eigenvalue weighted by atomic mass is 16.5. The zero-order valence-corrected chi connectivity index (χ0v) is 10.5. The molecule has 3 nitrogen and oxygen atoms in total. The van der Waals surface area contributed by atoms with Gasteiger partial charge in [-0.15, -0.1) is 0 Å². The largest absolute Gasteiger partial charge is 0.377 e. The van der Waals surface area contributed by atoms with E-state index in [0.717, 1.165) is 26.1 Å². The van der Waals surface area contributed by atoms with Crippen molar-refractivity contribution in [3.05, 3.63) is 35.9 Å². The molecule has 1 aromatic rings. The van der Waals surface area contributed by atoms with E-state index in [0.29, 0.717) is 18.8 Å². The molecule has 0 saturated carbocycles. The molecule has 0 amide bonds. The van der Waals surface area contributed by atoms with Crippen molar-refractivity contribution in [1.29, 1.82) is 0 Å². The van der Waals surface area contributed by atoms with Crippen molar-refractivity contribution in [2.24, 2.45) is 5.92 Å². The van der Waals surface area contributed by atoms with Crippen molar-refractivity contribution in [3.8, 4) is 0 Å². The highest BCUT2D eigenvalue weighted by molar-refractivity contribution is 5.82. The summed E-state index contributed by atoms with van der Waals surface area (Å²) >= 11 is 0. The maximum Gasteiger partial charge on any atom is 0.142 e. The summed E-state index contributed by atoms with van der Waals surface area (Å²) in [5, 5.41) is 0. The van der Waals surface area contributed by atoms with Crippen molar-refractivity contribution in [1.82, 2.24) is 4.90 Å². The minimum Gasteiger partial charge on any atom is -0.377 e. The molecule has 18 heavy (non-hydrogen) atoms. The molecule has 0 bridgehead atoms. The molecule has 0 radical (unpaired) electrons. The molecule has 2 aliphatic rings. The van der Waals surface area contributed by atoms with E-state index < -0.39 is 0 Å². The number of hydrogen-bond donors (Lipinski definition) is 0. The number of piperidine rings is 1. The predicted molar refractivity (Wildman–Crippen MR) is 69.2 cm³/mol.